The molecule has 0 unspecified atom stereocenters. The van der Waals surface area contributed by atoms with Crippen molar-refractivity contribution in [1.29, 1.82) is 0 Å². The second-order valence-corrected chi connectivity index (χ2v) is 9.36. The Morgan fingerprint density at radius 3 is 2.29 bits per heavy atom. The van der Waals surface area contributed by atoms with Crippen molar-refractivity contribution in [3.63, 3.8) is 0 Å². The SMILES string of the molecule is C[C@H](NC(=S)Nc1ccc(CSc2ccccc2)cc1)c1ccc(N2CCCC2)cc1. The van der Waals surface area contributed by atoms with Crippen LogP contribution in [0.4, 0.5) is 11.4 Å². The number of nitrogens with one attached hydrogen (secondary N) is 2. The molecule has 0 aliphatic carbocycles. The Hall–Kier alpha value is -2.50. The molecule has 5 heteroatoms. The molecule has 1 fully saturated rings. The van der Waals surface area contributed by atoms with Gasteiger partial charge in [0.1, 0.15) is 0 Å². The Labute approximate surface area is 195 Å². The number of nitrogens with zero attached hydrogens (tertiary/aromatic N) is 1. The molecular weight excluding hydrogens is 418 g/mol. The first-order valence-corrected chi connectivity index (χ1v) is 12.3. The van der Waals surface area contributed by atoms with E-state index in [-0.39, 0.29) is 6.04 Å². The van der Waals surface area contributed by atoms with Gasteiger partial charge in [0.2, 0.25) is 0 Å². The average molecular weight is 448 g/mol. The first-order valence-electron chi connectivity index (χ1n) is 10.9. The zero-order valence-corrected chi connectivity index (χ0v) is 19.5. The fraction of sp³-hybridized carbons (Fsp3) is 0.269. The van der Waals surface area contributed by atoms with Crippen molar-refractivity contribution in [3.05, 3.63) is 90.0 Å². The van der Waals surface area contributed by atoms with Gasteiger partial charge in [0.25, 0.3) is 0 Å². The van der Waals surface area contributed by atoms with E-state index in [1.54, 1.807) is 0 Å². The Balaban J connectivity index is 1.26. The predicted octanol–water partition coefficient (Wildman–Crippen LogP) is 6.63. The molecule has 2 N–H and O–H groups in total. The third-order valence-electron chi connectivity index (χ3n) is 5.57. The first-order chi connectivity index (χ1) is 15.2. The van der Waals surface area contributed by atoms with E-state index in [1.165, 1.54) is 47.6 Å². The predicted molar refractivity (Wildman–Crippen MR) is 138 cm³/mol. The maximum Gasteiger partial charge on any atom is 0.171 e. The van der Waals surface area contributed by atoms with E-state index in [2.05, 4.69) is 95.3 Å². The molecule has 0 bridgehead atoms. The lowest BCUT2D eigenvalue weighted by Gasteiger charge is -2.20. The number of anilines is 2. The summed E-state index contributed by atoms with van der Waals surface area (Å²) in [5.41, 5.74) is 4.85. The normalized spacial score (nSPS) is 14.3. The fourth-order valence-corrected chi connectivity index (χ4v) is 4.93. The molecule has 1 atom stereocenters. The minimum atomic E-state index is 0.147. The summed E-state index contributed by atoms with van der Waals surface area (Å²) < 4.78 is 0. The highest BCUT2D eigenvalue weighted by Crippen LogP contribution is 2.24. The first kappa shape index (κ1) is 21.7. The van der Waals surface area contributed by atoms with Crippen molar-refractivity contribution in [2.24, 2.45) is 0 Å². The van der Waals surface area contributed by atoms with Gasteiger partial charge in [0.15, 0.2) is 5.11 Å². The molecule has 1 saturated heterocycles. The van der Waals surface area contributed by atoms with E-state index in [0.717, 1.165) is 11.4 Å². The Kier molecular flexibility index (Phi) is 7.49. The average Bonchev–Trinajstić information content (AvgIpc) is 3.34. The third-order valence-corrected chi connectivity index (χ3v) is 6.88. The highest BCUT2D eigenvalue weighted by atomic mass is 32.2. The lowest BCUT2D eigenvalue weighted by molar-refractivity contribution is 0.722. The summed E-state index contributed by atoms with van der Waals surface area (Å²) in [6.45, 7) is 4.48. The molecule has 31 heavy (non-hydrogen) atoms. The van der Waals surface area contributed by atoms with Crippen LogP contribution in [0.1, 0.15) is 36.9 Å². The molecule has 3 aromatic carbocycles. The van der Waals surface area contributed by atoms with Gasteiger partial charge in [-0.3, -0.25) is 0 Å². The maximum absolute atomic E-state index is 5.54. The third kappa shape index (κ3) is 6.25. The summed E-state index contributed by atoms with van der Waals surface area (Å²) in [6, 6.07) is 28.0. The van der Waals surface area contributed by atoms with Gasteiger partial charge in [-0.15, -0.1) is 11.8 Å². The van der Waals surface area contributed by atoms with Gasteiger partial charge in [-0.05, 0) is 79.5 Å². The molecule has 0 spiro atoms. The smallest absolute Gasteiger partial charge is 0.171 e. The molecule has 0 amide bonds. The van der Waals surface area contributed by atoms with E-state index in [1.807, 2.05) is 17.8 Å². The zero-order chi connectivity index (χ0) is 21.5. The van der Waals surface area contributed by atoms with Gasteiger partial charge >= 0.3 is 0 Å². The molecule has 1 heterocycles. The molecule has 3 nitrogen and oxygen atoms in total. The van der Waals surface area contributed by atoms with Crippen molar-refractivity contribution in [2.75, 3.05) is 23.3 Å². The maximum atomic E-state index is 5.54. The summed E-state index contributed by atoms with van der Waals surface area (Å²) in [7, 11) is 0. The Morgan fingerprint density at radius 1 is 0.935 bits per heavy atom. The zero-order valence-electron chi connectivity index (χ0n) is 17.9. The molecule has 1 aliphatic heterocycles. The van der Waals surface area contributed by atoms with Crippen molar-refractivity contribution >= 4 is 40.5 Å². The van der Waals surface area contributed by atoms with Crippen LogP contribution in [0.15, 0.2) is 83.8 Å². The highest BCUT2D eigenvalue weighted by Gasteiger charge is 2.13. The van der Waals surface area contributed by atoms with Gasteiger partial charge in [0.05, 0.1) is 6.04 Å². The van der Waals surface area contributed by atoms with Gasteiger partial charge < -0.3 is 15.5 Å². The van der Waals surface area contributed by atoms with Crippen LogP contribution >= 0.6 is 24.0 Å². The van der Waals surface area contributed by atoms with Crippen LogP contribution < -0.4 is 15.5 Å². The van der Waals surface area contributed by atoms with Crippen LogP contribution in [-0.2, 0) is 5.75 Å². The summed E-state index contributed by atoms with van der Waals surface area (Å²) >= 11 is 7.39. The van der Waals surface area contributed by atoms with Gasteiger partial charge in [-0.1, -0.05) is 42.5 Å². The molecule has 0 aromatic heterocycles. The van der Waals surface area contributed by atoms with Gasteiger partial charge in [0, 0.05) is 35.1 Å². The van der Waals surface area contributed by atoms with Crippen LogP contribution in [0.25, 0.3) is 0 Å². The number of benzene rings is 3. The summed E-state index contributed by atoms with van der Waals surface area (Å²) in [6.07, 6.45) is 2.60. The molecular formula is C26H29N3S2. The van der Waals surface area contributed by atoms with E-state index < -0.39 is 0 Å². The number of hydrogen-bond acceptors (Lipinski definition) is 3. The quantitative estimate of drug-likeness (QED) is 0.313. The Morgan fingerprint density at radius 2 is 1.61 bits per heavy atom. The summed E-state index contributed by atoms with van der Waals surface area (Å²) in [5.74, 6) is 0.956. The van der Waals surface area contributed by atoms with Crippen LogP contribution in [0.5, 0.6) is 0 Å². The van der Waals surface area contributed by atoms with Crippen molar-refractivity contribution in [1.82, 2.24) is 5.32 Å². The van der Waals surface area contributed by atoms with Crippen molar-refractivity contribution < 1.29 is 0 Å². The largest absolute Gasteiger partial charge is 0.372 e. The Bertz CT molecular complexity index is 966. The van der Waals surface area contributed by atoms with E-state index in [4.69, 9.17) is 12.2 Å². The van der Waals surface area contributed by atoms with Crippen molar-refractivity contribution in [3.8, 4) is 0 Å². The molecule has 4 rings (SSSR count). The lowest BCUT2D eigenvalue weighted by Crippen LogP contribution is -2.30. The second-order valence-electron chi connectivity index (χ2n) is 7.90. The van der Waals surface area contributed by atoms with Crippen molar-refractivity contribution in [2.45, 2.75) is 36.5 Å². The highest BCUT2D eigenvalue weighted by molar-refractivity contribution is 7.98. The molecule has 3 aromatic rings. The summed E-state index contributed by atoms with van der Waals surface area (Å²) in [4.78, 5) is 3.74. The number of thiocarbonyl (C=S) groups is 1. The molecule has 160 valence electrons. The monoisotopic (exact) mass is 447 g/mol. The number of thioether (sulfide) groups is 1. The second kappa shape index (κ2) is 10.7. The number of rotatable bonds is 7. The molecule has 0 radical (unpaired) electrons. The lowest BCUT2D eigenvalue weighted by atomic mass is 10.1. The van der Waals surface area contributed by atoms with Crippen LogP contribution in [0.2, 0.25) is 0 Å². The van der Waals surface area contributed by atoms with E-state index >= 15 is 0 Å². The summed E-state index contributed by atoms with van der Waals surface area (Å²) in [5, 5.41) is 7.34. The topological polar surface area (TPSA) is 27.3 Å². The fourth-order valence-electron chi connectivity index (χ4n) is 3.76. The minimum Gasteiger partial charge on any atom is -0.372 e. The number of hydrogen-bond donors (Lipinski definition) is 2. The van der Waals surface area contributed by atoms with Crippen LogP contribution in [0, 0.1) is 0 Å². The van der Waals surface area contributed by atoms with Gasteiger partial charge in [-0.25, -0.2) is 0 Å². The van der Waals surface area contributed by atoms with Crippen LogP contribution in [-0.4, -0.2) is 18.2 Å². The van der Waals surface area contributed by atoms with E-state index in [9.17, 15) is 0 Å². The minimum absolute atomic E-state index is 0.147. The molecule has 1 aliphatic rings. The molecule has 0 saturated carbocycles. The standard InChI is InChI=1S/C26H29N3S2/c1-20(22-11-15-24(16-12-22)29-17-5-6-18-29)27-26(30)28-23-13-9-21(10-14-23)19-31-25-7-3-2-4-8-25/h2-4,7-16,20H,5-6,17-19H2,1H3,(H2,27,28,30)/t20-/m0/s1. The van der Waals surface area contributed by atoms with Gasteiger partial charge in [-0.2, -0.15) is 0 Å². The van der Waals surface area contributed by atoms with Crippen LogP contribution in [0.3, 0.4) is 0 Å². The van der Waals surface area contributed by atoms with E-state index in [0.29, 0.717) is 5.11 Å².